The summed E-state index contributed by atoms with van der Waals surface area (Å²) in [5.41, 5.74) is 0.587. The predicted molar refractivity (Wildman–Crippen MR) is 59.6 cm³/mol. The smallest absolute Gasteiger partial charge is 0.128 e. The Kier molecular flexibility index (Phi) is 2.83. The molecule has 0 amide bonds. The van der Waals surface area contributed by atoms with Crippen molar-refractivity contribution in [2.45, 2.75) is 13.0 Å². The Labute approximate surface area is 93.2 Å². The van der Waals surface area contributed by atoms with Crippen LogP contribution in [0, 0.1) is 11.3 Å². The van der Waals surface area contributed by atoms with E-state index < -0.39 is 0 Å². The Morgan fingerprint density at radius 1 is 1.44 bits per heavy atom. The monoisotopic (exact) mass is 213 g/mol. The van der Waals surface area contributed by atoms with Gasteiger partial charge >= 0.3 is 0 Å². The van der Waals surface area contributed by atoms with E-state index in [2.05, 4.69) is 26.3 Å². The molecule has 0 saturated carbocycles. The lowest BCUT2D eigenvalue weighted by Gasteiger charge is -2.11. The van der Waals surface area contributed by atoms with E-state index in [1.165, 1.54) is 0 Å². The van der Waals surface area contributed by atoms with Crippen LogP contribution < -0.4 is 5.32 Å². The third-order valence-corrected chi connectivity index (χ3v) is 2.18. The van der Waals surface area contributed by atoms with E-state index in [1.807, 2.05) is 6.92 Å². The summed E-state index contributed by atoms with van der Waals surface area (Å²) in [5, 5.41) is 11.9. The quantitative estimate of drug-likeness (QED) is 0.815. The zero-order chi connectivity index (χ0) is 11.4. The van der Waals surface area contributed by atoms with E-state index in [9.17, 15) is 0 Å². The summed E-state index contributed by atoms with van der Waals surface area (Å²) in [7, 11) is 0. The van der Waals surface area contributed by atoms with Gasteiger partial charge in [-0.25, -0.2) is 9.97 Å². The van der Waals surface area contributed by atoms with Crippen molar-refractivity contribution in [1.82, 2.24) is 15.0 Å². The van der Waals surface area contributed by atoms with Gasteiger partial charge in [0.15, 0.2) is 0 Å². The Morgan fingerprint density at radius 2 is 2.31 bits per heavy atom. The van der Waals surface area contributed by atoms with Crippen LogP contribution >= 0.6 is 0 Å². The zero-order valence-corrected chi connectivity index (χ0v) is 8.81. The van der Waals surface area contributed by atoms with Gasteiger partial charge in [-0.3, -0.25) is 0 Å². The first-order valence-corrected chi connectivity index (χ1v) is 4.91. The topological polar surface area (TPSA) is 77.4 Å². The van der Waals surface area contributed by atoms with Gasteiger partial charge in [0.25, 0.3) is 0 Å². The minimum atomic E-state index is 0.0245. The van der Waals surface area contributed by atoms with Crippen molar-refractivity contribution in [1.29, 1.82) is 5.26 Å². The number of anilines is 1. The second kappa shape index (κ2) is 4.45. The second-order valence-electron chi connectivity index (χ2n) is 3.38. The Morgan fingerprint density at radius 3 is 3.00 bits per heavy atom. The molecule has 0 spiro atoms. The number of H-pyrrole nitrogens is 1. The van der Waals surface area contributed by atoms with Crippen LogP contribution in [-0.2, 0) is 0 Å². The van der Waals surface area contributed by atoms with Gasteiger partial charge in [-0.05, 0) is 19.1 Å². The minimum Gasteiger partial charge on any atom is -0.360 e. The number of rotatable bonds is 3. The fourth-order valence-corrected chi connectivity index (χ4v) is 1.38. The SMILES string of the molecule is CC(Nc1cc(C#N)ccn1)c1ncc[nH]1. The molecule has 0 aliphatic heterocycles. The van der Waals surface area contributed by atoms with Crippen LogP contribution in [0.4, 0.5) is 5.82 Å². The van der Waals surface area contributed by atoms with E-state index in [0.29, 0.717) is 11.4 Å². The first-order valence-electron chi connectivity index (χ1n) is 4.91. The Bertz CT molecular complexity index is 497. The highest BCUT2D eigenvalue weighted by molar-refractivity contribution is 5.43. The van der Waals surface area contributed by atoms with Crippen LogP contribution in [0.1, 0.15) is 24.4 Å². The first-order chi connectivity index (χ1) is 7.79. The van der Waals surface area contributed by atoms with Crippen LogP contribution in [0.3, 0.4) is 0 Å². The van der Waals surface area contributed by atoms with Crippen LogP contribution in [0.2, 0.25) is 0 Å². The van der Waals surface area contributed by atoms with Crippen molar-refractivity contribution < 1.29 is 0 Å². The molecule has 0 radical (unpaired) electrons. The normalized spacial score (nSPS) is 11.8. The molecule has 5 heteroatoms. The first kappa shape index (κ1) is 10.2. The van der Waals surface area contributed by atoms with Gasteiger partial charge in [0.05, 0.1) is 17.7 Å². The van der Waals surface area contributed by atoms with Crippen LogP contribution in [-0.4, -0.2) is 15.0 Å². The number of aromatic amines is 1. The number of aromatic nitrogens is 3. The van der Waals surface area contributed by atoms with Gasteiger partial charge in [-0.2, -0.15) is 5.26 Å². The highest BCUT2D eigenvalue weighted by Gasteiger charge is 2.07. The number of imidazole rings is 1. The largest absolute Gasteiger partial charge is 0.360 e. The summed E-state index contributed by atoms with van der Waals surface area (Å²) in [5.74, 6) is 1.51. The van der Waals surface area contributed by atoms with E-state index in [-0.39, 0.29) is 6.04 Å². The van der Waals surface area contributed by atoms with Crippen LogP contribution in [0.15, 0.2) is 30.7 Å². The van der Waals surface area contributed by atoms with Crippen molar-refractivity contribution >= 4 is 5.82 Å². The summed E-state index contributed by atoms with van der Waals surface area (Å²) in [6.07, 6.45) is 5.08. The van der Waals surface area contributed by atoms with Gasteiger partial charge in [0.2, 0.25) is 0 Å². The molecule has 16 heavy (non-hydrogen) atoms. The fourth-order valence-electron chi connectivity index (χ4n) is 1.38. The van der Waals surface area contributed by atoms with E-state index in [4.69, 9.17) is 5.26 Å². The summed E-state index contributed by atoms with van der Waals surface area (Å²) in [6.45, 7) is 1.97. The van der Waals surface area contributed by atoms with Crippen LogP contribution in [0.5, 0.6) is 0 Å². The molecule has 5 nitrogen and oxygen atoms in total. The van der Waals surface area contributed by atoms with Gasteiger partial charge < -0.3 is 10.3 Å². The van der Waals surface area contributed by atoms with E-state index in [0.717, 1.165) is 5.82 Å². The molecule has 2 N–H and O–H groups in total. The third kappa shape index (κ3) is 2.17. The highest BCUT2D eigenvalue weighted by Crippen LogP contribution is 2.14. The Hall–Kier alpha value is -2.35. The molecule has 0 bridgehead atoms. The molecular formula is C11H11N5. The van der Waals surface area contributed by atoms with Crippen molar-refractivity contribution in [3.05, 3.63) is 42.1 Å². The lowest BCUT2D eigenvalue weighted by atomic mass is 10.2. The summed E-state index contributed by atoms with van der Waals surface area (Å²) in [4.78, 5) is 11.3. The summed E-state index contributed by atoms with van der Waals surface area (Å²) in [6, 6.07) is 5.47. The fraction of sp³-hybridized carbons (Fsp3) is 0.182. The number of pyridine rings is 1. The lowest BCUT2D eigenvalue weighted by Crippen LogP contribution is -2.09. The predicted octanol–water partition coefficient (Wildman–Crippen LogP) is 1.85. The molecule has 0 saturated heterocycles. The Balaban J connectivity index is 2.12. The molecule has 2 rings (SSSR count). The molecule has 80 valence electrons. The average Bonchev–Trinajstić information content (AvgIpc) is 2.83. The van der Waals surface area contributed by atoms with E-state index >= 15 is 0 Å². The van der Waals surface area contributed by atoms with Crippen molar-refractivity contribution in [3.8, 4) is 6.07 Å². The van der Waals surface area contributed by atoms with E-state index in [1.54, 1.807) is 30.7 Å². The van der Waals surface area contributed by atoms with Gasteiger partial charge in [0, 0.05) is 18.6 Å². The maximum atomic E-state index is 8.76. The molecule has 2 aromatic heterocycles. The van der Waals surface area contributed by atoms with Gasteiger partial charge in [0.1, 0.15) is 11.6 Å². The number of hydrogen-bond acceptors (Lipinski definition) is 4. The lowest BCUT2D eigenvalue weighted by molar-refractivity contribution is 0.804. The number of nitriles is 1. The zero-order valence-electron chi connectivity index (χ0n) is 8.81. The van der Waals surface area contributed by atoms with Crippen LogP contribution in [0.25, 0.3) is 0 Å². The average molecular weight is 213 g/mol. The maximum absolute atomic E-state index is 8.76. The molecule has 2 heterocycles. The molecule has 1 unspecified atom stereocenters. The van der Waals surface area contributed by atoms with Crippen molar-refractivity contribution in [2.24, 2.45) is 0 Å². The number of nitrogens with one attached hydrogen (secondary N) is 2. The van der Waals surface area contributed by atoms with Gasteiger partial charge in [-0.15, -0.1) is 0 Å². The molecular weight excluding hydrogens is 202 g/mol. The van der Waals surface area contributed by atoms with Gasteiger partial charge in [-0.1, -0.05) is 0 Å². The minimum absolute atomic E-state index is 0.0245. The molecule has 0 aliphatic rings. The second-order valence-corrected chi connectivity index (χ2v) is 3.38. The third-order valence-electron chi connectivity index (χ3n) is 2.18. The molecule has 2 aromatic rings. The number of nitrogens with zero attached hydrogens (tertiary/aromatic N) is 3. The van der Waals surface area contributed by atoms with Crippen molar-refractivity contribution in [3.63, 3.8) is 0 Å². The summed E-state index contributed by atoms with van der Waals surface area (Å²) >= 11 is 0. The molecule has 0 fully saturated rings. The molecule has 0 aliphatic carbocycles. The number of hydrogen-bond donors (Lipinski definition) is 2. The maximum Gasteiger partial charge on any atom is 0.128 e. The highest BCUT2D eigenvalue weighted by atomic mass is 15.1. The summed E-state index contributed by atoms with van der Waals surface area (Å²) < 4.78 is 0. The molecule has 0 aromatic carbocycles. The molecule has 1 atom stereocenters. The standard InChI is InChI=1S/C11H11N5/c1-8(11-14-4-5-15-11)16-10-6-9(7-12)2-3-13-10/h2-6,8H,1H3,(H,13,16)(H,14,15). The van der Waals surface area contributed by atoms with Crippen molar-refractivity contribution in [2.75, 3.05) is 5.32 Å².